The third-order valence-corrected chi connectivity index (χ3v) is 6.04. The van der Waals surface area contributed by atoms with Gasteiger partial charge in [0.25, 0.3) is 5.91 Å². The molecule has 0 aliphatic heterocycles. The minimum atomic E-state index is -0.196. The summed E-state index contributed by atoms with van der Waals surface area (Å²) in [7, 11) is 0. The molecule has 162 valence electrons. The van der Waals surface area contributed by atoms with Gasteiger partial charge in [-0.25, -0.2) is 9.67 Å². The van der Waals surface area contributed by atoms with Gasteiger partial charge >= 0.3 is 0 Å². The van der Waals surface area contributed by atoms with Crippen LogP contribution < -0.4 is 5.32 Å². The van der Waals surface area contributed by atoms with E-state index in [1.54, 1.807) is 12.4 Å². The Labute approximate surface area is 195 Å². The fraction of sp³-hybridized carbons (Fsp3) is 0.0769. The molecule has 0 spiro atoms. The summed E-state index contributed by atoms with van der Waals surface area (Å²) in [4.78, 5) is 21.4. The lowest BCUT2D eigenvalue weighted by molar-refractivity contribution is 0.0946. The SMILES string of the molecule is O=C(NCc1cn(-c2ccccc2)nc1-c1ccncc1)c1csc(Cc2ccccc2)n1. The summed E-state index contributed by atoms with van der Waals surface area (Å²) < 4.78 is 1.83. The Morgan fingerprint density at radius 1 is 0.939 bits per heavy atom. The summed E-state index contributed by atoms with van der Waals surface area (Å²) >= 11 is 1.50. The van der Waals surface area contributed by atoms with Crippen molar-refractivity contribution in [3.05, 3.63) is 119 Å². The molecule has 1 N–H and O–H groups in total. The molecule has 6 nitrogen and oxygen atoms in total. The Bertz CT molecular complexity index is 1350. The minimum Gasteiger partial charge on any atom is -0.346 e. The highest BCUT2D eigenvalue weighted by Gasteiger charge is 2.15. The molecule has 33 heavy (non-hydrogen) atoms. The normalized spacial score (nSPS) is 10.8. The first-order chi connectivity index (χ1) is 16.3. The predicted molar refractivity (Wildman–Crippen MR) is 129 cm³/mol. The average molecular weight is 452 g/mol. The molecule has 0 bridgehead atoms. The van der Waals surface area contributed by atoms with Crippen molar-refractivity contribution in [2.45, 2.75) is 13.0 Å². The second-order valence-electron chi connectivity index (χ2n) is 7.49. The molecule has 1 amide bonds. The fourth-order valence-electron chi connectivity index (χ4n) is 3.54. The van der Waals surface area contributed by atoms with Crippen molar-refractivity contribution >= 4 is 17.2 Å². The molecule has 0 aliphatic rings. The lowest BCUT2D eigenvalue weighted by atomic mass is 10.1. The number of benzene rings is 2. The lowest BCUT2D eigenvalue weighted by Gasteiger charge is -2.04. The van der Waals surface area contributed by atoms with E-state index in [9.17, 15) is 4.79 Å². The second-order valence-corrected chi connectivity index (χ2v) is 8.43. The summed E-state index contributed by atoms with van der Waals surface area (Å²) in [5, 5.41) is 10.5. The molecule has 0 fully saturated rings. The molecule has 0 saturated carbocycles. The number of amides is 1. The van der Waals surface area contributed by atoms with Crippen LogP contribution in [0.25, 0.3) is 16.9 Å². The van der Waals surface area contributed by atoms with Crippen LogP contribution in [0.1, 0.15) is 26.6 Å². The molecule has 2 aromatic carbocycles. The molecule has 0 unspecified atom stereocenters. The molecule has 0 radical (unpaired) electrons. The Kier molecular flexibility index (Phi) is 6.04. The van der Waals surface area contributed by atoms with Gasteiger partial charge in [-0.3, -0.25) is 9.78 Å². The van der Waals surface area contributed by atoms with Crippen LogP contribution in [0.4, 0.5) is 0 Å². The number of aromatic nitrogens is 4. The van der Waals surface area contributed by atoms with Crippen LogP contribution in [-0.2, 0) is 13.0 Å². The van der Waals surface area contributed by atoms with Crippen molar-refractivity contribution < 1.29 is 4.79 Å². The van der Waals surface area contributed by atoms with E-state index in [0.29, 0.717) is 12.2 Å². The van der Waals surface area contributed by atoms with Gasteiger partial charge in [-0.05, 0) is 29.8 Å². The van der Waals surface area contributed by atoms with Crippen LogP contribution >= 0.6 is 11.3 Å². The summed E-state index contributed by atoms with van der Waals surface area (Å²) in [6.07, 6.45) is 6.15. The van der Waals surface area contributed by atoms with Crippen molar-refractivity contribution in [3.63, 3.8) is 0 Å². The van der Waals surface area contributed by atoms with Gasteiger partial charge < -0.3 is 5.32 Å². The third kappa shape index (κ3) is 4.88. The highest BCUT2D eigenvalue weighted by Crippen LogP contribution is 2.23. The standard InChI is InChI=1S/C26H21N5OS/c32-26(23-18-33-24(29-23)15-19-7-3-1-4-8-19)28-16-21-17-31(22-9-5-2-6-10-22)30-25(21)20-11-13-27-14-12-20/h1-14,17-18H,15-16H2,(H,28,32). The van der Waals surface area contributed by atoms with E-state index >= 15 is 0 Å². The van der Waals surface area contributed by atoms with Gasteiger partial charge in [-0.15, -0.1) is 11.3 Å². The van der Waals surface area contributed by atoms with Gasteiger partial charge in [0.05, 0.1) is 16.4 Å². The Balaban J connectivity index is 1.34. The maximum atomic E-state index is 12.8. The lowest BCUT2D eigenvalue weighted by Crippen LogP contribution is -2.23. The summed E-state index contributed by atoms with van der Waals surface area (Å²) in [6, 6.07) is 23.9. The molecule has 0 saturated heterocycles. The number of thiazole rings is 1. The largest absolute Gasteiger partial charge is 0.346 e. The zero-order valence-electron chi connectivity index (χ0n) is 17.8. The number of carbonyl (C=O) groups excluding carboxylic acids is 1. The van der Waals surface area contributed by atoms with E-state index in [1.807, 2.05) is 76.9 Å². The van der Waals surface area contributed by atoms with Crippen molar-refractivity contribution in [3.8, 4) is 16.9 Å². The van der Waals surface area contributed by atoms with Gasteiger partial charge in [0.2, 0.25) is 0 Å². The molecule has 5 rings (SSSR count). The highest BCUT2D eigenvalue weighted by atomic mass is 32.1. The third-order valence-electron chi connectivity index (χ3n) is 5.19. The molecule has 7 heteroatoms. The van der Waals surface area contributed by atoms with Crippen molar-refractivity contribution in [1.29, 1.82) is 0 Å². The van der Waals surface area contributed by atoms with Gasteiger partial charge in [0.1, 0.15) is 5.69 Å². The number of hydrogen-bond donors (Lipinski definition) is 1. The Morgan fingerprint density at radius 3 is 2.42 bits per heavy atom. The number of nitrogens with one attached hydrogen (secondary N) is 1. The van der Waals surface area contributed by atoms with Crippen molar-refractivity contribution in [2.75, 3.05) is 0 Å². The smallest absolute Gasteiger partial charge is 0.271 e. The van der Waals surface area contributed by atoms with Crippen LogP contribution in [0, 0.1) is 0 Å². The quantitative estimate of drug-likeness (QED) is 0.382. The molecule has 3 heterocycles. The summed E-state index contributed by atoms with van der Waals surface area (Å²) in [6.45, 7) is 0.342. The maximum Gasteiger partial charge on any atom is 0.271 e. The van der Waals surface area contributed by atoms with Crippen LogP contribution in [0.15, 0.2) is 96.8 Å². The van der Waals surface area contributed by atoms with E-state index in [0.717, 1.165) is 33.9 Å². The number of nitrogens with zero attached hydrogens (tertiary/aromatic N) is 4. The molecular weight excluding hydrogens is 430 g/mol. The minimum absolute atomic E-state index is 0.196. The van der Waals surface area contributed by atoms with E-state index < -0.39 is 0 Å². The highest BCUT2D eigenvalue weighted by molar-refractivity contribution is 7.09. The zero-order valence-corrected chi connectivity index (χ0v) is 18.6. The number of carbonyl (C=O) groups is 1. The van der Waals surface area contributed by atoms with Gasteiger partial charge in [0, 0.05) is 48.1 Å². The Hall–Kier alpha value is -4.10. The Morgan fingerprint density at radius 2 is 1.67 bits per heavy atom. The van der Waals surface area contributed by atoms with Crippen LogP contribution in [0.2, 0.25) is 0 Å². The van der Waals surface area contributed by atoms with Crippen LogP contribution in [0.3, 0.4) is 0 Å². The summed E-state index contributed by atoms with van der Waals surface area (Å²) in [5.41, 5.74) is 5.24. The van der Waals surface area contributed by atoms with Crippen LogP contribution in [0.5, 0.6) is 0 Å². The average Bonchev–Trinajstić information content (AvgIpc) is 3.52. The van der Waals surface area contributed by atoms with Gasteiger partial charge in [-0.1, -0.05) is 48.5 Å². The first-order valence-corrected chi connectivity index (χ1v) is 11.4. The maximum absolute atomic E-state index is 12.8. The number of pyridine rings is 1. The molecule has 0 aliphatic carbocycles. The van der Waals surface area contributed by atoms with Gasteiger partial charge in [0.15, 0.2) is 0 Å². The first-order valence-electron chi connectivity index (χ1n) is 10.6. The van der Waals surface area contributed by atoms with Crippen LogP contribution in [-0.4, -0.2) is 25.7 Å². The van der Waals surface area contributed by atoms with Crippen molar-refractivity contribution in [2.24, 2.45) is 0 Å². The van der Waals surface area contributed by atoms with E-state index in [2.05, 4.69) is 27.4 Å². The molecular formula is C26H21N5OS. The van der Waals surface area contributed by atoms with Crippen molar-refractivity contribution in [1.82, 2.24) is 25.1 Å². The number of para-hydroxylation sites is 1. The monoisotopic (exact) mass is 451 g/mol. The second kappa shape index (κ2) is 9.58. The molecule has 5 aromatic rings. The van der Waals surface area contributed by atoms with E-state index in [1.165, 1.54) is 16.9 Å². The number of rotatable bonds is 7. The summed E-state index contributed by atoms with van der Waals surface area (Å²) in [5.74, 6) is -0.196. The topological polar surface area (TPSA) is 72.7 Å². The molecule has 3 aromatic heterocycles. The fourth-order valence-corrected chi connectivity index (χ4v) is 4.35. The predicted octanol–water partition coefficient (Wildman–Crippen LogP) is 4.91. The van der Waals surface area contributed by atoms with E-state index in [-0.39, 0.29) is 5.91 Å². The van der Waals surface area contributed by atoms with Gasteiger partial charge in [-0.2, -0.15) is 5.10 Å². The van der Waals surface area contributed by atoms with E-state index in [4.69, 9.17) is 5.10 Å². The first kappa shape index (κ1) is 20.8. The number of hydrogen-bond acceptors (Lipinski definition) is 5. The molecule has 0 atom stereocenters. The zero-order chi connectivity index (χ0) is 22.5.